The number of aryl methyl sites for hydroxylation is 2. The third-order valence-electron chi connectivity index (χ3n) is 2.25. The number of hydrogen-bond acceptors (Lipinski definition) is 2. The molecule has 0 N–H and O–H groups in total. The topological polar surface area (TPSA) is 22.1 Å². The molecule has 3 heteroatoms. The van der Waals surface area contributed by atoms with Crippen molar-refractivity contribution in [3.05, 3.63) is 52.3 Å². The van der Waals surface area contributed by atoms with E-state index in [0.29, 0.717) is 0 Å². The van der Waals surface area contributed by atoms with E-state index in [4.69, 9.17) is 4.74 Å². The zero-order chi connectivity index (χ0) is 11.5. The van der Waals surface area contributed by atoms with Crippen LogP contribution in [0.25, 0.3) is 0 Å². The van der Waals surface area contributed by atoms with E-state index in [9.17, 15) is 0 Å². The Morgan fingerprint density at radius 2 is 1.94 bits per heavy atom. The van der Waals surface area contributed by atoms with E-state index in [0.717, 1.165) is 21.5 Å². The predicted molar refractivity (Wildman–Crippen MR) is 67.9 cm³/mol. The monoisotopic (exact) mass is 277 g/mol. The summed E-state index contributed by atoms with van der Waals surface area (Å²) in [6.45, 7) is 4.08. The van der Waals surface area contributed by atoms with E-state index in [1.54, 1.807) is 12.4 Å². The molecule has 2 aromatic rings. The Morgan fingerprint density at radius 1 is 1.12 bits per heavy atom. The lowest BCUT2D eigenvalue weighted by molar-refractivity contribution is 0.476. The summed E-state index contributed by atoms with van der Waals surface area (Å²) in [6, 6.07) is 8.04. The molecule has 2 nitrogen and oxygen atoms in total. The van der Waals surface area contributed by atoms with Crippen molar-refractivity contribution in [3.8, 4) is 11.5 Å². The molecule has 0 bridgehead atoms. The molecule has 0 saturated carbocycles. The summed E-state index contributed by atoms with van der Waals surface area (Å²) in [5.74, 6) is 1.61. The minimum atomic E-state index is 0.739. The lowest BCUT2D eigenvalue weighted by Gasteiger charge is -2.09. The molecule has 0 fully saturated rings. The largest absolute Gasteiger partial charge is 0.455 e. The Morgan fingerprint density at radius 3 is 2.69 bits per heavy atom. The average Bonchev–Trinajstić information content (AvgIpc) is 2.24. The van der Waals surface area contributed by atoms with Gasteiger partial charge in [0.2, 0.25) is 0 Å². The van der Waals surface area contributed by atoms with Crippen LogP contribution in [0.15, 0.2) is 41.1 Å². The first-order valence-corrected chi connectivity index (χ1v) is 5.80. The molecule has 1 heterocycles. The first-order valence-electron chi connectivity index (χ1n) is 5.01. The van der Waals surface area contributed by atoms with Crippen LogP contribution < -0.4 is 4.74 Å². The van der Waals surface area contributed by atoms with Gasteiger partial charge in [0.1, 0.15) is 11.5 Å². The van der Waals surface area contributed by atoms with Gasteiger partial charge in [-0.2, -0.15) is 0 Å². The van der Waals surface area contributed by atoms with Crippen molar-refractivity contribution in [2.24, 2.45) is 0 Å². The van der Waals surface area contributed by atoms with E-state index >= 15 is 0 Å². The third kappa shape index (κ3) is 2.61. The van der Waals surface area contributed by atoms with Gasteiger partial charge in [-0.15, -0.1) is 0 Å². The van der Waals surface area contributed by atoms with Crippen LogP contribution in [0.3, 0.4) is 0 Å². The zero-order valence-corrected chi connectivity index (χ0v) is 10.8. The minimum Gasteiger partial charge on any atom is -0.455 e. The standard InChI is InChI=1S/C13H12BrNO/c1-9-3-4-10(2)13(5-9)16-12-6-11(14)7-15-8-12/h3-8H,1-2H3. The highest BCUT2D eigenvalue weighted by Gasteiger charge is 2.02. The van der Waals surface area contributed by atoms with Crippen molar-refractivity contribution in [3.63, 3.8) is 0 Å². The van der Waals surface area contributed by atoms with Crippen molar-refractivity contribution in [1.82, 2.24) is 4.98 Å². The molecule has 1 aromatic carbocycles. The molecule has 0 aliphatic heterocycles. The average molecular weight is 278 g/mol. The van der Waals surface area contributed by atoms with Gasteiger partial charge < -0.3 is 4.74 Å². The van der Waals surface area contributed by atoms with Crippen LogP contribution in [-0.2, 0) is 0 Å². The van der Waals surface area contributed by atoms with Crippen molar-refractivity contribution in [2.45, 2.75) is 13.8 Å². The molecule has 0 aliphatic carbocycles. The predicted octanol–water partition coefficient (Wildman–Crippen LogP) is 4.25. The van der Waals surface area contributed by atoms with E-state index in [2.05, 4.69) is 33.0 Å². The SMILES string of the molecule is Cc1ccc(C)c(Oc2cncc(Br)c2)c1. The lowest BCUT2D eigenvalue weighted by Crippen LogP contribution is -1.89. The van der Waals surface area contributed by atoms with Crippen LogP contribution in [0.4, 0.5) is 0 Å². The Hall–Kier alpha value is -1.35. The third-order valence-corrected chi connectivity index (χ3v) is 2.68. The molecule has 0 atom stereocenters. The van der Waals surface area contributed by atoms with Crippen molar-refractivity contribution >= 4 is 15.9 Å². The van der Waals surface area contributed by atoms with Gasteiger partial charge in [0.15, 0.2) is 0 Å². The second-order valence-electron chi connectivity index (χ2n) is 3.71. The highest BCUT2D eigenvalue weighted by molar-refractivity contribution is 9.10. The Kier molecular flexibility index (Phi) is 3.25. The second kappa shape index (κ2) is 4.66. The molecular weight excluding hydrogens is 266 g/mol. The van der Waals surface area contributed by atoms with Gasteiger partial charge in [0.05, 0.1) is 6.20 Å². The first-order chi connectivity index (χ1) is 7.65. The quantitative estimate of drug-likeness (QED) is 0.819. The summed E-state index contributed by atoms with van der Waals surface area (Å²) < 4.78 is 6.69. The number of hydrogen-bond donors (Lipinski definition) is 0. The van der Waals surface area contributed by atoms with Crippen LogP contribution in [0.1, 0.15) is 11.1 Å². The highest BCUT2D eigenvalue weighted by Crippen LogP contribution is 2.26. The van der Waals surface area contributed by atoms with Gasteiger partial charge >= 0.3 is 0 Å². The van der Waals surface area contributed by atoms with E-state index in [1.807, 2.05) is 26.0 Å². The van der Waals surface area contributed by atoms with Gasteiger partial charge in [0, 0.05) is 10.7 Å². The molecule has 1 aromatic heterocycles. The zero-order valence-electron chi connectivity index (χ0n) is 9.20. The molecule has 0 saturated heterocycles. The maximum absolute atomic E-state index is 5.78. The molecule has 0 amide bonds. The normalized spacial score (nSPS) is 10.2. The maximum atomic E-state index is 5.78. The number of halogens is 1. The summed E-state index contributed by atoms with van der Waals surface area (Å²) in [4.78, 5) is 4.06. The molecule has 0 unspecified atom stereocenters. The van der Waals surface area contributed by atoms with Crippen LogP contribution in [0.2, 0.25) is 0 Å². The number of rotatable bonds is 2. The Bertz CT molecular complexity index is 511. The molecule has 16 heavy (non-hydrogen) atoms. The van der Waals surface area contributed by atoms with Gasteiger partial charge in [-0.05, 0) is 53.0 Å². The fraction of sp³-hybridized carbons (Fsp3) is 0.154. The van der Waals surface area contributed by atoms with Crippen LogP contribution in [0.5, 0.6) is 11.5 Å². The number of ether oxygens (including phenoxy) is 1. The molecule has 82 valence electrons. The summed E-state index contributed by atoms with van der Waals surface area (Å²) in [5, 5.41) is 0. The van der Waals surface area contributed by atoms with Crippen molar-refractivity contribution in [1.29, 1.82) is 0 Å². The minimum absolute atomic E-state index is 0.739. The van der Waals surface area contributed by atoms with Crippen molar-refractivity contribution in [2.75, 3.05) is 0 Å². The Labute approximate surface area is 103 Å². The summed E-state index contributed by atoms with van der Waals surface area (Å²) >= 11 is 3.37. The molecular formula is C13H12BrNO. The van der Waals surface area contributed by atoms with Crippen LogP contribution in [-0.4, -0.2) is 4.98 Å². The second-order valence-corrected chi connectivity index (χ2v) is 4.63. The number of nitrogens with zero attached hydrogens (tertiary/aromatic N) is 1. The maximum Gasteiger partial charge on any atom is 0.146 e. The fourth-order valence-electron chi connectivity index (χ4n) is 1.39. The summed E-state index contributed by atoms with van der Waals surface area (Å²) in [6.07, 6.45) is 3.43. The van der Waals surface area contributed by atoms with Crippen LogP contribution >= 0.6 is 15.9 Å². The smallest absolute Gasteiger partial charge is 0.146 e. The van der Waals surface area contributed by atoms with E-state index in [1.165, 1.54) is 5.56 Å². The highest BCUT2D eigenvalue weighted by atomic mass is 79.9. The molecule has 2 rings (SSSR count). The van der Waals surface area contributed by atoms with E-state index in [-0.39, 0.29) is 0 Å². The number of pyridine rings is 1. The van der Waals surface area contributed by atoms with E-state index < -0.39 is 0 Å². The first kappa shape index (κ1) is 11.1. The summed E-state index contributed by atoms with van der Waals surface area (Å²) in [7, 11) is 0. The molecule has 0 radical (unpaired) electrons. The fourth-order valence-corrected chi connectivity index (χ4v) is 1.74. The van der Waals surface area contributed by atoms with Gasteiger partial charge in [-0.3, -0.25) is 4.98 Å². The van der Waals surface area contributed by atoms with Gasteiger partial charge in [-0.1, -0.05) is 12.1 Å². The molecule has 0 spiro atoms. The van der Waals surface area contributed by atoms with Crippen LogP contribution in [0, 0.1) is 13.8 Å². The van der Waals surface area contributed by atoms with Gasteiger partial charge in [-0.25, -0.2) is 0 Å². The van der Waals surface area contributed by atoms with Gasteiger partial charge in [0.25, 0.3) is 0 Å². The molecule has 0 aliphatic rings. The summed E-state index contributed by atoms with van der Waals surface area (Å²) in [5.41, 5.74) is 2.30. The Balaban J connectivity index is 2.30. The lowest BCUT2D eigenvalue weighted by atomic mass is 10.1. The number of benzene rings is 1. The van der Waals surface area contributed by atoms with Crippen molar-refractivity contribution < 1.29 is 4.74 Å². The number of aromatic nitrogens is 1.